The SMILES string of the molecule is Cc1ccc(CC(=O)NC2CCCC2Br)cc1. The van der Waals surface area contributed by atoms with Gasteiger partial charge in [-0.1, -0.05) is 52.2 Å². The van der Waals surface area contributed by atoms with Gasteiger partial charge in [-0.25, -0.2) is 0 Å². The fraction of sp³-hybridized carbons (Fsp3) is 0.500. The molecule has 1 aliphatic rings. The highest BCUT2D eigenvalue weighted by atomic mass is 79.9. The Balaban J connectivity index is 1.86. The van der Waals surface area contributed by atoms with Gasteiger partial charge in [0.1, 0.15) is 0 Å². The maximum atomic E-state index is 11.9. The molecule has 92 valence electrons. The van der Waals surface area contributed by atoms with Crippen molar-refractivity contribution >= 4 is 21.8 Å². The molecule has 1 aliphatic carbocycles. The second-order valence-electron chi connectivity index (χ2n) is 4.78. The molecule has 0 heterocycles. The van der Waals surface area contributed by atoms with Crippen LogP contribution in [0, 0.1) is 6.92 Å². The monoisotopic (exact) mass is 295 g/mol. The number of benzene rings is 1. The average molecular weight is 296 g/mol. The van der Waals surface area contributed by atoms with E-state index in [1.54, 1.807) is 0 Å². The van der Waals surface area contributed by atoms with E-state index < -0.39 is 0 Å². The smallest absolute Gasteiger partial charge is 0.224 e. The molecular weight excluding hydrogens is 278 g/mol. The van der Waals surface area contributed by atoms with E-state index in [1.165, 1.54) is 12.0 Å². The Morgan fingerprint density at radius 3 is 2.65 bits per heavy atom. The minimum atomic E-state index is 0.130. The van der Waals surface area contributed by atoms with Crippen molar-refractivity contribution in [3.05, 3.63) is 35.4 Å². The lowest BCUT2D eigenvalue weighted by Crippen LogP contribution is -2.38. The van der Waals surface area contributed by atoms with Crippen LogP contribution in [0.25, 0.3) is 0 Å². The Labute approximate surface area is 111 Å². The van der Waals surface area contributed by atoms with Crippen molar-refractivity contribution in [2.45, 2.75) is 43.5 Å². The first-order valence-electron chi connectivity index (χ1n) is 6.14. The molecule has 1 amide bonds. The maximum Gasteiger partial charge on any atom is 0.224 e. The van der Waals surface area contributed by atoms with Gasteiger partial charge in [0, 0.05) is 10.9 Å². The summed E-state index contributed by atoms with van der Waals surface area (Å²) in [6, 6.07) is 8.45. The number of rotatable bonds is 3. The second kappa shape index (κ2) is 5.67. The Morgan fingerprint density at radius 1 is 1.35 bits per heavy atom. The standard InChI is InChI=1S/C14H18BrNO/c1-10-5-7-11(8-6-10)9-14(17)16-13-4-2-3-12(13)15/h5-8,12-13H,2-4,9H2,1H3,(H,16,17). The number of halogens is 1. The molecule has 17 heavy (non-hydrogen) atoms. The van der Waals surface area contributed by atoms with Crippen LogP contribution >= 0.6 is 15.9 Å². The number of amides is 1. The number of aryl methyl sites for hydroxylation is 1. The highest BCUT2D eigenvalue weighted by Gasteiger charge is 2.25. The van der Waals surface area contributed by atoms with Crippen molar-refractivity contribution in [3.8, 4) is 0 Å². The highest BCUT2D eigenvalue weighted by Crippen LogP contribution is 2.25. The average Bonchev–Trinajstić information content (AvgIpc) is 2.68. The first-order valence-corrected chi connectivity index (χ1v) is 7.05. The topological polar surface area (TPSA) is 29.1 Å². The van der Waals surface area contributed by atoms with E-state index >= 15 is 0 Å². The molecule has 0 bridgehead atoms. The van der Waals surface area contributed by atoms with E-state index in [0.29, 0.717) is 17.3 Å². The first-order chi connectivity index (χ1) is 8.15. The van der Waals surface area contributed by atoms with Crippen molar-refractivity contribution in [1.29, 1.82) is 0 Å². The molecule has 0 spiro atoms. The van der Waals surface area contributed by atoms with Gasteiger partial charge in [-0.3, -0.25) is 4.79 Å². The molecule has 2 rings (SSSR count). The van der Waals surface area contributed by atoms with Gasteiger partial charge in [0.05, 0.1) is 6.42 Å². The summed E-state index contributed by atoms with van der Waals surface area (Å²) in [5.41, 5.74) is 2.31. The minimum Gasteiger partial charge on any atom is -0.352 e. The maximum absolute atomic E-state index is 11.9. The summed E-state index contributed by atoms with van der Waals surface area (Å²) < 4.78 is 0. The van der Waals surface area contributed by atoms with Gasteiger partial charge in [0.25, 0.3) is 0 Å². The largest absolute Gasteiger partial charge is 0.352 e. The zero-order chi connectivity index (χ0) is 12.3. The zero-order valence-electron chi connectivity index (χ0n) is 10.1. The minimum absolute atomic E-state index is 0.130. The third-order valence-corrected chi connectivity index (χ3v) is 4.36. The van der Waals surface area contributed by atoms with Crippen LogP contribution in [0.3, 0.4) is 0 Å². The fourth-order valence-electron chi connectivity index (χ4n) is 2.23. The molecule has 0 saturated heterocycles. The molecule has 0 aliphatic heterocycles. The van der Waals surface area contributed by atoms with Crippen molar-refractivity contribution in [1.82, 2.24) is 5.32 Å². The predicted octanol–water partition coefficient (Wildman–Crippen LogP) is 2.97. The Kier molecular flexibility index (Phi) is 4.21. The molecule has 3 heteroatoms. The van der Waals surface area contributed by atoms with Gasteiger partial charge in [-0.05, 0) is 25.3 Å². The molecule has 2 unspecified atom stereocenters. The van der Waals surface area contributed by atoms with Crippen LogP contribution in [0.1, 0.15) is 30.4 Å². The van der Waals surface area contributed by atoms with Crippen LogP contribution in [0.4, 0.5) is 0 Å². The zero-order valence-corrected chi connectivity index (χ0v) is 11.7. The molecular formula is C14H18BrNO. The third kappa shape index (κ3) is 3.56. The summed E-state index contributed by atoms with van der Waals surface area (Å²) >= 11 is 3.61. The van der Waals surface area contributed by atoms with E-state index in [9.17, 15) is 4.79 Å². The van der Waals surface area contributed by atoms with Gasteiger partial charge >= 0.3 is 0 Å². The second-order valence-corrected chi connectivity index (χ2v) is 5.96. The number of alkyl halides is 1. The van der Waals surface area contributed by atoms with Crippen LogP contribution in [-0.4, -0.2) is 16.8 Å². The van der Waals surface area contributed by atoms with Gasteiger partial charge in [0.15, 0.2) is 0 Å². The van der Waals surface area contributed by atoms with E-state index in [0.717, 1.165) is 18.4 Å². The van der Waals surface area contributed by atoms with Crippen molar-refractivity contribution in [3.63, 3.8) is 0 Å². The summed E-state index contributed by atoms with van der Waals surface area (Å²) in [6.07, 6.45) is 3.94. The van der Waals surface area contributed by atoms with Gasteiger partial charge in [-0.2, -0.15) is 0 Å². The number of hydrogen-bond acceptors (Lipinski definition) is 1. The Hall–Kier alpha value is -0.830. The van der Waals surface area contributed by atoms with Crippen LogP contribution in [0.15, 0.2) is 24.3 Å². The Bertz CT molecular complexity index is 388. The molecule has 1 saturated carbocycles. The van der Waals surface area contributed by atoms with E-state index in [1.807, 2.05) is 24.3 Å². The highest BCUT2D eigenvalue weighted by molar-refractivity contribution is 9.09. The summed E-state index contributed by atoms with van der Waals surface area (Å²) in [6.45, 7) is 2.05. The van der Waals surface area contributed by atoms with E-state index in [-0.39, 0.29) is 5.91 Å². The number of hydrogen-bond donors (Lipinski definition) is 1. The molecule has 1 aromatic carbocycles. The summed E-state index contributed by atoms with van der Waals surface area (Å²) in [7, 11) is 0. The molecule has 0 aromatic heterocycles. The van der Waals surface area contributed by atoms with Gasteiger partial charge < -0.3 is 5.32 Å². The molecule has 1 aromatic rings. The lowest BCUT2D eigenvalue weighted by molar-refractivity contribution is -0.121. The number of nitrogens with one attached hydrogen (secondary N) is 1. The fourth-order valence-corrected chi connectivity index (χ4v) is 2.95. The normalized spacial score (nSPS) is 23.6. The van der Waals surface area contributed by atoms with Crippen LogP contribution < -0.4 is 5.32 Å². The van der Waals surface area contributed by atoms with Gasteiger partial charge in [0.2, 0.25) is 5.91 Å². The number of carbonyl (C=O) groups is 1. The van der Waals surface area contributed by atoms with Crippen molar-refractivity contribution in [2.24, 2.45) is 0 Å². The lowest BCUT2D eigenvalue weighted by Gasteiger charge is -2.16. The van der Waals surface area contributed by atoms with Gasteiger partial charge in [-0.15, -0.1) is 0 Å². The van der Waals surface area contributed by atoms with E-state index in [2.05, 4.69) is 28.2 Å². The molecule has 1 N–H and O–H groups in total. The molecule has 2 atom stereocenters. The third-order valence-electron chi connectivity index (χ3n) is 3.26. The predicted molar refractivity (Wildman–Crippen MR) is 73.4 cm³/mol. The molecule has 1 fully saturated rings. The summed E-state index contributed by atoms with van der Waals surface area (Å²) in [5.74, 6) is 0.130. The van der Waals surface area contributed by atoms with Crippen LogP contribution in [0.5, 0.6) is 0 Å². The van der Waals surface area contributed by atoms with E-state index in [4.69, 9.17) is 0 Å². The quantitative estimate of drug-likeness (QED) is 0.854. The summed E-state index contributed by atoms with van der Waals surface area (Å²) in [4.78, 5) is 12.3. The summed E-state index contributed by atoms with van der Waals surface area (Å²) in [5, 5.41) is 3.11. The lowest BCUT2D eigenvalue weighted by atomic mass is 10.1. The van der Waals surface area contributed by atoms with Crippen molar-refractivity contribution in [2.75, 3.05) is 0 Å². The first kappa shape index (κ1) is 12.6. The van der Waals surface area contributed by atoms with Crippen LogP contribution in [0.2, 0.25) is 0 Å². The number of carbonyl (C=O) groups excluding carboxylic acids is 1. The molecule has 2 nitrogen and oxygen atoms in total. The van der Waals surface area contributed by atoms with Crippen molar-refractivity contribution < 1.29 is 4.79 Å². The molecule has 0 radical (unpaired) electrons. The van der Waals surface area contributed by atoms with Crippen LogP contribution in [-0.2, 0) is 11.2 Å². The Morgan fingerprint density at radius 2 is 2.06 bits per heavy atom.